The Bertz CT molecular complexity index is 217. The maximum Gasteiger partial charge on any atom is 0.0900 e. The fourth-order valence-corrected chi connectivity index (χ4v) is 2.63. The lowest BCUT2D eigenvalue weighted by atomic mass is 10.4. The molecule has 0 atom stereocenters. The maximum atomic E-state index is 4.33. The summed E-state index contributed by atoms with van der Waals surface area (Å²) in [6.45, 7) is 4.14. The zero-order valence-corrected chi connectivity index (χ0v) is 8.10. The molecule has 0 N–H and O–H groups in total. The van der Waals surface area contributed by atoms with Crippen molar-refractivity contribution in [2.45, 2.75) is 19.6 Å². The van der Waals surface area contributed by atoms with Crippen LogP contribution in [0.3, 0.4) is 0 Å². The molecule has 0 bridgehead atoms. The second kappa shape index (κ2) is 3.39. The van der Waals surface area contributed by atoms with Gasteiger partial charge in [-0.05, 0) is 20.1 Å². The van der Waals surface area contributed by atoms with Crippen molar-refractivity contribution in [3.63, 3.8) is 0 Å². The summed E-state index contributed by atoms with van der Waals surface area (Å²) >= 11 is 3.66. The van der Waals surface area contributed by atoms with Crippen LogP contribution in [0, 0.1) is 13.8 Å². The molecule has 0 spiro atoms. The summed E-state index contributed by atoms with van der Waals surface area (Å²) in [5, 5.41) is 1.18. The van der Waals surface area contributed by atoms with E-state index in [2.05, 4.69) is 25.1 Å². The quantitative estimate of drug-likeness (QED) is 0.682. The Kier molecular flexibility index (Phi) is 2.74. The lowest BCUT2D eigenvalue weighted by molar-refractivity contribution is 1.17. The van der Waals surface area contributed by atoms with Crippen LogP contribution in [-0.2, 0) is 5.75 Å². The summed E-state index contributed by atoms with van der Waals surface area (Å²) in [4.78, 5) is 5.76. The Morgan fingerprint density at radius 2 is 2.20 bits per heavy atom. The highest BCUT2D eigenvalue weighted by Crippen LogP contribution is 2.20. The number of aryl methyl sites for hydroxylation is 2. The molecule has 0 unspecified atom stereocenters. The van der Waals surface area contributed by atoms with Gasteiger partial charge in [-0.1, -0.05) is 0 Å². The van der Waals surface area contributed by atoms with E-state index >= 15 is 0 Å². The molecule has 0 saturated heterocycles. The molecule has 0 aromatic carbocycles. The molecule has 1 aromatic heterocycles. The zero-order valence-electron chi connectivity index (χ0n) is 6.47. The first-order chi connectivity index (χ1) is 4.74. The Hall–Kier alpha value is -0.0200. The minimum Gasteiger partial charge on any atom is -0.247 e. The molecule has 0 radical (unpaired) electrons. The van der Waals surface area contributed by atoms with E-state index in [1.54, 1.807) is 11.3 Å². The van der Waals surface area contributed by atoms with Gasteiger partial charge in [-0.2, -0.15) is 11.8 Å². The molecule has 1 rings (SSSR count). The van der Waals surface area contributed by atoms with Crippen LogP contribution in [0.1, 0.15) is 15.6 Å². The summed E-state index contributed by atoms with van der Waals surface area (Å²) in [5.74, 6) is 1.11. The standard InChI is InChI=1S/C7H11NS2/c1-5-7(4-9-3)10-6(2)8-5/h4H2,1-3H3. The van der Waals surface area contributed by atoms with Crippen LogP contribution in [0.25, 0.3) is 0 Å². The molecule has 0 aliphatic heterocycles. The number of rotatable bonds is 2. The van der Waals surface area contributed by atoms with Crippen LogP contribution >= 0.6 is 23.1 Å². The van der Waals surface area contributed by atoms with Gasteiger partial charge >= 0.3 is 0 Å². The highest BCUT2D eigenvalue weighted by molar-refractivity contribution is 7.97. The molecule has 0 aliphatic rings. The van der Waals surface area contributed by atoms with Gasteiger partial charge in [-0.25, -0.2) is 4.98 Å². The third-order valence-corrected chi connectivity index (χ3v) is 3.11. The van der Waals surface area contributed by atoms with Crippen LogP contribution in [0.5, 0.6) is 0 Å². The van der Waals surface area contributed by atoms with Crippen LogP contribution in [-0.4, -0.2) is 11.2 Å². The summed E-state index contributed by atoms with van der Waals surface area (Å²) in [7, 11) is 0. The first-order valence-electron chi connectivity index (χ1n) is 3.16. The average Bonchev–Trinajstić information content (AvgIpc) is 2.13. The van der Waals surface area contributed by atoms with E-state index in [4.69, 9.17) is 0 Å². The molecular formula is C7H11NS2. The second-order valence-electron chi connectivity index (χ2n) is 2.17. The topological polar surface area (TPSA) is 12.9 Å². The predicted octanol–water partition coefficient (Wildman–Crippen LogP) is 2.62. The number of aromatic nitrogens is 1. The Morgan fingerprint density at radius 3 is 2.60 bits per heavy atom. The van der Waals surface area contributed by atoms with Crippen molar-refractivity contribution in [3.05, 3.63) is 15.6 Å². The Morgan fingerprint density at radius 1 is 1.50 bits per heavy atom. The lowest BCUT2D eigenvalue weighted by Crippen LogP contribution is -1.77. The van der Waals surface area contributed by atoms with Crippen LogP contribution < -0.4 is 0 Å². The van der Waals surface area contributed by atoms with E-state index in [1.165, 1.54) is 15.6 Å². The Labute approximate surface area is 69.9 Å². The third-order valence-electron chi connectivity index (χ3n) is 1.28. The minimum atomic E-state index is 1.11. The second-order valence-corrected chi connectivity index (χ2v) is 4.33. The zero-order chi connectivity index (χ0) is 7.56. The highest BCUT2D eigenvalue weighted by Gasteiger charge is 2.01. The highest BCUT2D eigenvalue weighted by atomic mass is 32.2. The van der Waals surface area contributed by atoms with Crippen molar-refractivity contribution in [2.75, 3.05) is 6.26 Å². The molecule has 1 aromatic rings. The summed E-state index contributed by atoms with van der Waals surface area (Å²) in [5.41, 5.74) is 1.21. The van der Waals surface area contributed by atoms with Crippen molar-refractivity contribution in [1.29, 1.82) is 0 Å². The van der Waals surface area contributed by atoms with Crippen LogP contribution in [0.4, 0.5) is 0 Å². The Balaban J connectivity index is 2.81. The van der Waals surface area contributed by atoms with Gasteiger partial charge in [-0.3, -0.25) is 0 Å². The molecule has 0 fully saturated rings. The summed E-state index contributed by atoms with van der Waals surface area (Å²) < 4.78 is 0. The molecule has 0 saturated carbocycles. The van der Waals surface area contributed by atoms with E-state index in [9.17, 15) is 0 Å². The fourth-order valence-electron chi connectivity index (χ4n) is 0.838. The van der Waals surface area contributed by atoms with Crippen molar-refractivity contribution in [1.82, 2.24) is 4.98 Å². The summed E-state index contributed by atoms with van der Waals surface area (Å²) in [6, 6.07) is 0. The van der Waals surface area contributed by atoms with E-state index in [-0.39, 0.29) is 0 Å². The number of thioether (sulfide) groups is 1. The van der Waals surface area contributed by atoms with Gasteiger partial charge in [0.15, 0.2) is 0 Å². The van der Waals surface area contributed by atoms with E-state index in [0.29, 0.717) is 0 Å². The SMILES string of the molecule is CSCc1sc(C)nc1C. The number of hydrogen-bond donors (Lipinski definition) is 0. The molecule has 0 aliphatic carbocycles. The molecule has 1 nitrogen and oxygen atoms in total. The number of nitrogens with zero attached hydrogens (tertiary/aromatic N) is 1. The maximum absolute atomic E-state index is 4.33. The van der Waals surface area contributed by atoms with Crippen LogP contribution in [0.15, 0.2) is 0 Å². The van der Waals surface area contributed by atoms with E-state index in [1.807, 2.05) is 11.8 Å². The van der Waals surface area contributed by atoms with Gasteiger partial charge in [0.2, 0.25) is 0 Å². The monoisotopic (exact) mass is 173 g/mol. The third kappa shape index (κ3) is 1.73. The summed E-state index contributed by atoms with van der Waals surface area (Å²) in [6.07, 6.45) is 2.12. The van der Waals surface area contributed by atoms with Crippen molar-refractivity contribution in [2.24, 2.45) is 0 Å². The molecule has 1 heterocycles. The van der Waals surface area contributed by atoms with Gasteiger partial charge in [-0.15, -0.1) is 11.3 Å². The average molecular weight is 173 g/mol. The van der Waals surface area contributed by atoms with Gasteiger partial charge in [0.1, 0.15) is 0 Å². The smallest absolute Gasteiger partial charge is 0.0900 e. The van der Waals surface area contributed by atoms with Crippen LogP contribution in [0.2, 0.25) is 0 Å². The molecule has 3 heteroatoms. The number of thiazole rings is 1. The van der Waals surface area contributed by atoms with Crippen molar-refractivity contribution < 1.29 is 0 Å². The molecule has 10 heavy (non-hydrogen) atoms. The predicted molar refractivity (Wildman–Crippen MR) is 48.8 cm³/mol. The normalized spacial score (nSPS) is 10.3. The largest absolute Gasteiger partial charge is 0.247 e. The van der Waals surface area contributed by atoms with Gasteiger partial charge in [0.05, 0.1) is 10.7 Å². The van der Waals surface area contributed by atoms with Gasteiger partial charge in [0, 0.05) is 10.6 Å². The molecule has 56 valence electrons. The number of hydrogen-bond acceptors (Lipinski definition) is 3. The fraction of sp³-hybridized carbons (Fsp3) is 0.571. The van der Waals surface area contributed by atoms with E-state index in [0.717, 1.165) is 5.75 Å². The lowest BCUT2D eigenvalue weighted by Gasteiger charge is -1.90. The minimum absolute atomic E-state index is 1.11. The molecular weight excluding hydrogens is 162 g/mol. The molecule has 0 amide bonds. The van der Waals surface area contributed by atoms with Crippen molar-refractivity contribution >= 4 is 23.1 Å². The van der Waals surface area contributed by atoms with Gasteiger partial charge in [0.25, 0.3) is 0 Å². The first kappa shape index (κ1) is 8.08. The van der Waals surface area contributed by atoms with E-state index < -0.39 is 0 Å². The first-order valence-corrected chi connectivity index (χ1v) is 5.37. The van der Waals surface area contributed by atoms with Crippen molar-refractivity contribution in [3.8, 4) is 0 Å². The van der Waals surface area contributed by atoms with Gasteiger partial charge < -0.3 is 0 Å².